The van der Waals surface area contributed by atoms with Crippen molar-refractivity contribution >= 4 is 34.4 Å². The molecule has 1 fully saturated rings. The van der Waals surface area contributed by atoms with Crippen LogP contribution in [0.5, 0.6) is 0 Å². The summed E-state index contributed by atoms with van der Waals surface area (Å²) in [4.78, 5) is 27.9. The number of fused-ring (bicyclic) bond motifs is 2. The number of halogens is 1. The van der Waals surface area contributed by atoms with Gasteiger partial charge in [-0.15, -0.1) is 0 Å². The van der Waals surface area contributed by atoms with Crippen LogP contribution in [-0.2, 0) is 9.53 Å². The van der Waals surface area contributed by atoms with Gasteiger partial charge in [-0.1, -0.05) is 18.2 Å². The Morgan fingerprint density at radius 3 is 2.79 bits per heavy atom. The van der Waals surface area contributed by atoms with Gasteiger partial charge in [-0.3, -0.25) is 4.79 Å². The van der Waals surface area contributed by atoms with Gasteiger partial charge in [0.05, 0.1) is 13.2 Å². The van der Waals surface area contributed by atoms with E-state index >= 15 is 0 Å². The summed E-state index contributed by atoms with van der Waals surface area (Å²) in [5.41, 5.74) is 7.75. The first kappa shape index (κ1) is 17.7. The lowest BCUT2D eigenvalue weighted by Gasteiger charge is -2.30. The van der Waals surface area contributed by atoms with Crippen LogP contribution in [-0.4, -0.2) is 47.2 Å². The molecule has 5 rings (SSSR count). The summed E-state index contributed by atoms with van der Waals surface area (Å²) < 4.78 is 19.6. The first-order valence-electron chi connectivity index (χ1n) is 9.45. The van der Waals surface area contributed by atoms with Crippen molar-refractivity contribution in [1.82, 2.24) is 15.0 Å². The highest BCUT2D eigenvalue weighted by molar-refractivity contribution is 5.95. The van der Waals surface area contributed by atoms with E-state index in [1.807, 2.05) is 4.90 Å². The number of hydrogen-bond donors (Lipinski definition) is 2. The van der Waals surface area contributed by atoms with E-state index in [1.165, 1.54) is 6.07 Å². The highest BCUT2D eigenvalue weighted by Gasteiger charge is 2.33. The number of benzene rings is 1. The number of carbonyl (C=O) groups is 1. The Bertz CT molecular complexity index is 1120. The third kappa shape index (κ3) is 3.13. The highest BCUT2D eigenvalue weighted by atomic mass is 19.1. The van der Waals surface area contributed by atoms with Crippen molar-refractivity contribution in [2.24, 2.45) is 0 Å². The van der Waals surface area contributed by atoms with Gasteiger partial charge < -0.3 is 20.7 Å². The van der Waals surface area contributed by atoms with E-state index in [0.29, 0.717) is 54.7 Å². The second-order valence-electron chi connectivity index (χ2n) is 7.12. The van der Waals surface area contributed by atoms with Gasteiger partial charge in [0, 0.05) is 42.1 Å². The number of nitrogens with zero attached hydrogens (tertiary/aromatic N) is 4. The predicted octanol–water partition coefficient (Wildman–Crippen LogP) is 2.06. The van der Waals surface area contributed by atoms with Gasteiger partial charge in [0.2, 0.25) is 11.9 Å². The molecule has 2 aliphatic rings. The molecule has 29 heavy (non-hydrogen) atoms. The van der Waals surface area contributed by atoms with Crippen LogP contribution < -0.4 is 16.0 Å². The monoisotopic (exact) mass is 394 g/mol. The zero-order valence-electron chi connectivity index (χ0n) is 15.6. The van der Waals surface area contributed by atoms with E-state index in [9.17, 15) is 9.18 Å². The van der Waals surface area contributed by atoms with Gasteiger partial charge in [0.25, 0.3) is 0 Å². The fourth-order valence-corrected chi connectivity index (χ4v) is 3.86. The van der Waals surface area contributed by atoms with E-state index in [-0.39, 0.29) is 23.7 Å². The SMILES string of the molecule is Nc1nc(N2CCOCC2)nc2c1C(c1ccc3cccc(F)c3n1)CC(=O)N2. The molecule has 0 saturated carbocycles. The molecule has 4 heterocycles. The molecule has 0 radical (unpaired) electrons. The Labute approximate surface area is 165 Å². The maximum absolute atomic E-state index is 14.2. The summed E-state index contributed by atoms with van der Waals surface area (Å²) >= 11 is 0. The van der Waals surface area contributed by atoms with Gasteiger partial charge in [-0.25, -0.2) is 9.37 Å². The molecular weight excluding hydrogens is 375 g/mol. The van der Waals surface area contributed by atoms with Gasteiger partial charge >= 0.3 is 0 Å². The number of pyridine rings is 1. The molecule has 3 N–H and O–H groups in total. The minimum Gasteiger partial charge on any atom is -0.383 e. The Hall–Kier alpha value is -3.33. The highest BCUT2D eigenvalue weighted by Crippen LogP contribution is 2.39. The zero-order valence-corrected chi connectivity index (χ0v) is 15.6. The summed E-state index contributed by atoms with van der Waals surface area (Å²) in [6.07, 6.45) is 0.143. The average molecular weight is 394 g/mol. The van der Waals surface area contributed by atoms with Crippen molar-refractivity contribution in [2.75, 3.05) is 42.3 Å². The Morgan fingerprint density at radius 1 is 1.14 bits per heavy atom. The fraction of sp³-hybridized carbons (Fsp3) is 0.300. The molecule has 1 saturated heterocycles. The van der Waals surface area contributed by atoms with E-state index in [2.05, 4.69) is 20.3 Å². The number of amides is 1. The van der Waals surface area contributed by atoms with E-state index in [4.69, 9.17) is 10.5 Å². The van der Waals surface area contributed by atoms with E-state index in [0.717, 1.165) is 0 Å². The van der Waals surface area contributed by atoms with Crippen LogP contribution in [0.3, 0.4) is 0 Å². The number of carbonyl (C=O) groups excluding carboxylic acids is 1. The van der Waals surface area contributed by atoms with Crippen molar-refractivity contribution in [2.45, 2.75) is 12.3 Å². The molecule has 1 unspecified atom stereocenters. The lowest BCUT2D eigenvalue weighted by Crippen LogP contribution is -2.38. The molecule has 3 aromatic rings. The van der Waals surface area contributed by atoms with Crippen LogP contribution in [0.15, 0.2) is 30.3 Å². The minimum absolute atomic E-state index is 0.143. The van der Waals surface area contributed by atoms with Gasteiger partial charge in [-0.2, -0.15) is 9.97 Å². The number of aromatic nitrogens is 3. The second kappa shape index (κ2) is 6.93. The molecule has 0 aliphatic carbocycles. The quantitative estimate of drug-likeness (QED) is 0.685. The van der Waals surface area contributed by atoms with Crippen LogP contribution in [0.25, 0.3) is 10.9 Å². The molecule has 9 heteroatoms. The summed E-state index contributed by atoms with van der Waals surface area (Å²) in [6.45, 7) is 2.48. The van der Waals surface area contributed by atoms with Crippen molar-refractivity contribution in [1.29, 1.82) is 0 Å². The summed E-state index contributed by atoms with van der Waals surface area (Å²) in [7, 11) is 0. The van der Waals surface area contributed by atoms with Crippen molar-refractivity contribution in [3.8, 4) is 0 Å². The first-order chi connectivity index (χ1) is 14.1. The zero-order chi connectivity index (χ0) is 20.0. The van der Waals surface area contributed by atoms with Crippen LogP contribution in [0, 0.1) is 5.82 Å². The third-order valence-corrected chi connectivity index (χ3v) is 5.30. The molecule has 8 nitrogen and oxygen atoms in total. The molecule has 2 aromatic heterocycles. The number of nitrogens with two attached hydrogens (primary N) is 1. The van der Waals surface area contributed by atoms with Gasteiger partial charge in [0.15, 0.2) is 0 Å². The Kier molecular flexibility index (Phi) is 4.24. The standard InChI is InChI=1S/C20H19FN6O2/c21-13-3-1-2-11-4-5-14(23-17(11)13)12-10-15(28)24-19-16(12)18(22)25-20(26-19)27-6-8-29-9-7-27/h1-5,12H,6-10H2,(H3,22,24,25,26,28). The number of anilines is 3. The Morgan fingerprint density at radius 2 is 1.97 bits per heavy atom. The second-order valence-corrected chi connectivity index (χ2v) is 7.12. The van der Waals surface area contributed by atoms with Gasteiger partial charge in [-0.05, 0) is 12.1 Å². The fourth-order valence-electron chi connectivity index (χ4n) is 3.86. The number of para-hydroxylation sites is 1. The number of nitrogen functional groups attached to an aromatic ring is 1. The molecule has 2 aliphatic heterocycles. The molecule has 1 amide bonds. The topological polar surface area (TPSA) is 106 Å². The smallest absolute Gasteiger partial charge is 0.229 e. The predicted molar refractivity (Wildman–Crippen MR) is 106 cm³/mol. The molecule has 0 spiro atoms. The average Bonchev–Trinajstić information content (AvgIpc) is 2.73. The van der Waals surface area contributed by atoms with Crippen LogP contribution in [0.2, 0.25) is 0 Å². The molecule has 0 bridgehead atoms. The molecule has 1 atom stereocenters. The lowest BCUT2D eigenvalue weighted by atomic mass is 9.89. The minimum atomic E-state index is -0.443. The third-order valence-electron chi connectivity index (χ3n) is 5.30. The molecular formula is C20H19FN6O2. The number of rotatable bonds is 2. The number of hydrogen-bond acceptors (Lipinski definition) is 7. The summed E-state index contributed by atoms with van der Waals surface area (Å²) in [5, 5.41) is 3.49. The number of ether oxygens (including phenoxy) is 1. The lowest BCUT2D eigenvalue weighted by molar-refractivity contribution is -0.116. The number of morpholine rings is 1. The normalized spacial score (nSPS) is 19.1. The van der Waals surface area contributed by atoms with Crippen LogP contribution >= 0.6 is 0 Å². The van der Waals surface area contributed by atoms with Crippen molar-refractivity contribution in [3.63, 3.8) is 0 Å². The van der Waals surface area contributed by atoms with E-state index in [1.54, 1.807) is 24.3 Å². The molecule has 148 valence electrons. The Balaban J connectivity index is 1.60. The van der Waals surface area contributed by atoms with Crippen molar-refractivity contribution < 1.29 is 13.9 Å². The molecule has 1 aromatic carbocycles. The summed E-state index contributed by atoms with van der Waals surface area (Å²) in [6, 6.07) is 8.40. The first-order valence-corrected chi connectivity index (χ1v) is 9.45. The largest absolute Gasteiger partial charge is 0.383 e. The van der Waals surface area contributed by atoms with Crippen molar-refractivity contribution in [3.05, 3.63) is 47.4 Å². The van der Waals surface area contributed by atoms with E-state index < -0.39 is 11.7 Å². The summed E-state index contributed by atoms with van der Waals surface area (Å²) in [5.74, 6) is 0.0952. The van der Waals surface area contributed by atoms with Crippen LogP contribution in [0.1, 0.15) is 23.6 Å². The number of nitrogens with one attached hydrogen (secondary N) is 1. The van der Waals surface area contributed by atoms with Gasteiger partial charge in [0.1, 0.15) is 23.0 Å². The maximum atomic E-state index is 14.2. The maximum Gasteiger partial charge on any atom is 0.229 e. The van der Waals surface area contributed by atoms with Crippen LogP contribution in [0.4, 0.5) is 22.0 Å².